The normalized spacial score (nSPS) is 10.8. The van der Waals surface area contributed by atoms with Gasteiger partial charge in [0.2, 0.25) is 0 Å². The Hall–Kier alpha value is -2.07. The molecule has 0 aliphatic rings. The van der Waals surface area contributed by atoms with Gasteiger partial charge in [-0.15, -0.1) is 0 Å². The number of halogens is 1. The van der Waals surface area contributed by atoms with Gasteiger partial charge in [0.25, 0.3) is 0 Å². The summed E-state index contributed by atoms with van der Waals surface area (Å²) in [6, 6.07) is 16.1. The molecule has 0 N–H and O–H groups in total. The lowest BCUT2D eigenvalue weighted by molar-refractivity contribution is 0.289. The van der Waals surface area contributed by atoms with Crippen LogP contribution in [0.5, 0.6) is 5.75 Å². The van der Waals surface area contributed by atoms with E-state index in [0.29, 0.717) is 13.2 Å². The zero-order chi connectivity index (χ0) is 15.5. The van der Waals surface area contributed by atoms with Gasteiger partial charge in [0.15, 0.2) is 0 Å². The Morgan fingerprint density at radius 3 is 2.68 bits per heavy atom. The third-order valence-corrected chi connectivity index (χ3v) is 3.76. The van der Waals surface area contributed by atoms with Gasteiger partial charge in [0.1, 0.15) is 18.2 Å². The van der Waals surface area contributed by atoms with Crippen molar-refractivity contribution in [1.82, 2.24) is 9.55 Å². The fraction of sp³-hybridized carbons (Fsp3) is 0.167. The zero-order valence-corrected chi connectivity index (χ0v) is 14.0. The van der Waals surface area contributed by atoms with E-state index >= 15 is 0 Å². The van der Waals surface area contributed by atoms with Crippen molar-refractivity contribution in [3.05, 3.63) is 71.0 Å². The van der Waals surface area contributed by atoms with Crippen molar-refractivity contribution < 1.29 is 4.74 Å². The number of hydrogen-bond acceptors (Lipinski definition) is 2. The first kappa shape index (κ1) is 14.9. The quantitative estimate of drug-likeness (QED) is 0.654. The molecule has 22 heavy (non-hydrogen) atoms. The number of aromatic nitrogens is 2. The van der Waals surface area contributed by atoms with E-state index in [0.717, 1.165) is 32.7 Å². The molecule has 0 aliphatic heterocycles. The van der Waals surface area contributed by atoms with E-state index in [2.05, 4.69) is 38.1 Å². The lowest BCUT2D eigenvalue weighted by Gasteiger charge is -2.11. The highest BCUT2D eigenvalue weighted by Gasteiger charge is 2.11. The molecule has 0 amide bonds. The lowest BCUT2D eigenvalue weighted by Crippen LogP contribution is -2.07. The third-order valence-electron chi connectivity index (χ3n) is 3.51. The van der Waals surface area contributed by atoms with Gasteiger partial charge in [0, 0.05) is 4.48 Å². The fourth-order valence-electron chi connectivity index (χ4n) is 2.44. The van der Waals surface area contributed by atoms with Gasteiger partial charge >= 0.3 is 0 Å². The number of imidazole rings is 1. The molecule has 0 atom stereocenters. The molecule has 0 bridgehead atoms. The molecule has 3 aromatic rings. The Kier molecular flexibility index (Phi) is 4.29. The van der Waals surface area contributed by atoms with Gasteiger partial charge in [0.05, 0.1) is 17.6 Å². The molecule has 0 spiro atoms. The van der Waals surface area contributed by atoms with E-state index in [4.69, 9.17) is 4.74 Å². The first-order chi connectivity index (χ1) is 10.6. The maximum Gasteiger partial charge on any atom is 0.148 e. The van der Waals surface area contributed by atoms with Crippen LogP contribution in [0.1, 0.15) is 11.4 Å². The largest absolute Gasteiger partial charge is 0.485 e. The van der Waals surface area contributed by atoms with Gasteiger partial charge in [-0.3, -0.25) is 0 Å². The van der Waals surface area contributed by atoms with Crippen molar-refractivity contribution in [2.45, 2.75) is 20.1 Å². The second-order valence-electron chi connectivity index (χ2n) is 5.17. The number of para-hydroxylation sites is 3. The molecule has 2 aromatic carbocycles. The van der Waals surface area contributed by atoms with Crippen LogP contribution in [0.15, 0.2) is 59.6 Å². The summed E-state index contributed by atoms with van der Waals surface area (Å²) in [7, 11) is 0. The maximum absolute atomic E-state index is 5.95. The number of benzene rings is 2. The monoisotopic (exact) mass is 356 g/mol. The van der Waals surface area contributed by atoms with E-state index < -0.39 is 0 Å². The average molecular weight is 357 g/mol. The van der Waals surface area contributed by atoms with Crippen molar-refractivity contribution in [2.24, 2.45) is 0 Å². The van der Waals surface area contributed by atoms with E-state index in [-0.39, 0.29) is 0 Å². The molecule has 0 saturated carbocycles. The van der Waals surface area contributed by atoms with Crippen molar-refractivity contribution in [3.63, 3.8) is 0 Å². The topological polar surface area (TPSA) is 27.1 Å². The number of hydrogen-bond donors (Lipinski definition) is 0. The van der Waals surface area contributed by atoms with Crippen LogP contribution in [0.3, 0.4) is 0 Å². The van der Waals surface area contributed by atoms with E-state index in [1.54, 1.807) is 0 Å². The van der Waals surface area contributed by atoms with Gasteiger partial charge < -0.3 is 9.30 Å². The molecule has 1 heterocycles. The summed E-state index contributed by atoms with van der Waals surface area (Å²) >= 11 is 3.44. The number of aryl methyl sites for hydroxylation is 1. The highest BCUT2D eigenvalue weighted by Crippen LogP contribution is 2.22. The molecule has 3 rings (SSSR count). The number of nitrogens with zero attached hydrogens (tertiary/aromatic N) is 2. The molecule has 0 fully saturated rings. The lowest BCUT2D eigenvalue weighted by atomic mass is 10.2. The second-order valence-corrected chi connectivity index (χ2v) is 6.30. The van der Waals surface area contributed by atoms with Crippen LogP contribution < -0.4 is 4.74 Å². The average Bonchev–Trinajstić information content (AvgIpc) is 2.84. The van der Waals surface area contributed by atoms with Crippen molar-refractivity contribution >= 4 is 27.0 Å². The molecule has 4 heteroatoms. The van der Waals surface area contributed by atoms with Crippen molar-refractivity contribution in [1.29, 1.82) is 0 Å². The minimum absolute atomic E-state index is 0.430. The Morgan fingerprint density at radius 2 is 1.91 bits per heavy atom. The summed E-state index contributed by atoms with van der Waals surface area (Å²) in [4.78, 5) is 4.69. The van der Waals surface area contributed by atoms with Gasteiger partial charge in [-0.25, -0.2) is 4.98 Å². The zero-order valence-electron chi connectivity index (χ0n) is 12.4. The Bertz CT molecular complexity index is 823. The number of rotatable bonds is 5. The molecule has 1 aromatic heterocycles. The molecule has 0 unspecified atom stereocenters. The van der Waals surface area contributed by atoms with Crippen LogP contribution in [-0.4, -0.2) is 9.55 Å². The van der Waals surface area contributed by atoms with Gasteiger partial charge in [-0.1, -0.05) is 52.8 Å². The first-order valence-corrected chi connectivity index (χ1v) is 7.90. The highest BCUT2D eigenvalue weighted by atomic mass is 79.9. The van der Waals surface area contributed by atoms with Gasteiger partial charge in [-0.2, -0.15) is 0 Å². The Morgan fingerprint density at radius 1 is 1.18 bits per heavy atom. The van der Waals surface area contributed by atoms with E-state index in [1.165, 1.54) is 0 Å². The third kappa shape index (κ3) is 3.07. The SMILES string of the molecule is C=C(Br)Cn1c(COc2ccccc2C)nc2ccccc21. The predicted octanol–water partition coefficient (Wildman–Crippen LogP) is 4.83. The highest BCUT2D eigenvalue weighted by molar-refractivity contribution is 9.11. The van der Waals surface area contributed by atoms with Crippen LogP contribution >= 0.6 is 15.9 Å². The van der Waals surface area contributed by atoms with Crippen LogP contribution in [0.25, 0.3) is 11.0 Å². The van der Waals surface area contributed by atoms with Gasteiger partial charge in [-0.05, 0) is 30.7 Å². The summed E-state index contributed by atoms with van der Waals surface area (Å²) in [6.45, 7) is 7.08. The number of allylic oxidation sites excluding steroid dienone is 1. The summed E-state index contributed by atoms with van der Waals surface area (Å²) < 4.78 is 8.99. The molecular formula is C18H17BrN2O. The van der Waals surface area contributed by atoms with Crippen LogP contribution in [0, 0.1) is 6.92 Å². The fourth-order valence-corrected chi connectivity index (χ4v) is 2.70. The standard InChI is InChI=1S/C18H17BrN2O/c1-13-7-3-6-10-17(13)22-12-18-20-15-8-4-5-9-16(15)21(18)11-14(2)19/h3-10H,2,11-12H2,1H3. The first-order valence-electron chi connectivity index (χ1n) is 7.11. The molecular weight excluding hydrogens is 340 g/mol. The van der Waals surface area contributed by atoms with Crippen molar-refractivity contribution in [2.75, 3.05) is 0 Å². The summed E-state index contributed by atoms with van der Waals surface area (Å²) in [5, 5.41) is 0. The minimum atomic E-state index is 0.430. The molecule has 112 valence electrons. The minimum Gasteiger partial charge on any atom is -0.485 e. The number of ether oxygens (including phenoxy) is 1. The van der Waals surface area contributed by atoms with Crippen LogP contribution in [0.4, 0.5) is 0 Å². The Labute approximate surface area is 138 Å². The van der Waals surface area contributed by atoms with Crippen LogP contribution in [0.2, 0.25) is 0 Å². The summed E-state index contributed by atoms with van der Waals surface area (Å²) in [5.41, 5.74) is 3.18. The van der Waals surface area contributed by atoms with Crippen molar-refractivity contribution in [3.8, 4) is 5.75 Å². The maximum atomic E-state index is 5.95. The molecule has 0 saturated heterocycles. The predicted molar refractivity (Wildman–Crippen MR) is 93.3 cm³/mol. The summed E-state index contributed by atoms with van der Waals surface area (Å²) in [5.74, 6) is 1.78. The van der Waals surface area contributed by atoms with E-state index in [9.17, 15) is 0 Å². The smallest absolute Gasteiger partial charge is 0.148 e. The second kappa shape index (κ2) is 6.36. The van der Waals surface area contributed by atoms with Crippen LogP contribution in [-0.2, 0) is 13.2 Å². The number of fused-ring (bicyclic) bond motifs is 1. The molecule has 0 aliphatic carbocycles. The molecule has 0 radical (unpaired) electrons. The van der Waals surface area contributed by atoms with E-state index in [1.807, 2.05) is 49.4 Å². The Balaban J connectivity index is 1.92. The summed E-state index contributed by atoms with van der Waals surface area (Å²) in [6.07, 6.45) is 0. The molecule has 3 nitrogen and oxygen atoms in total.